The minimum Gasteiger partial charge on any atom is -0.296 e. The SMILES string of the molecule is CCCC(C)(C)C(C)C(C)(C)CC(C)(C)N(CC)C(C)C. The Labute approximate surface area is 135 Å². The van der Waals surface area contributed by atoms with Crippen molar-refractivity contribution >= 4 is 0 Å². The summed E-state index contributed by atoms with van der Waals surface area (Å²) >= 11 is 0. The van der Waals surface area contributed by atoms with E-state index in [9.17, 15) is 0 Å². The third-order valence-electron chi connectivity index (χ3n) is 5.87. The fraction of sp³-hybridized carbons (Fsp3) is 1.00. The molecular formula is C20H43N. The lowest BCUT2D eigenvalue weighted by Crippen LogP contribution is -2.51. The molecule has 0 fully saturated rings. The monoisotopic (exact) mass is 297 g/mol. The summed E-state index contributed by atoms with van der Waals surface area (Å²) in [6.07, 6.45) is 3.85. The van der Waals surface area contributed by atoms with Crippen molar-refractivity contribution in [2.45, 2.75) is 107 Å². The van der Waals surface area contributed by atoms with Crippen LogP contribution in [0.4, 0.5) is 0 Å². The molecule has 0 heterocycles. The predicted octanol–water partition coefficient (Wildman–Crippen LogP) is 6.37. The maximum atomic E-state index is 2.65. The molecule has 0 aromatic rings. The lowest BCUT2D eigenvalue weighted by atomic mass is 9.61. The first-order chi connectivity index (χ1) is 9.31. The van der Waals surface area contributed by atoms with Gasteiger partial charge in [0.2, 0.25) is 0 Å². The fourth-order valence-corrected chi connectivity index (χ4v) is 4.78. The molecule has 1 atom stereocenters. The van der Waals surface area contributed by atoms with E-state index < -0.39 is 0 Å². The molecule has 0 aromatic carbocycles. The van der Waals surface area contributed by atoms with Crippen LogP contribution in [0.25, 0.3) is 0 Å². The summed E-state index contributed by atoms with van der Waals surface area (Å²) < 4.78 is 0. The van der Waals surface area contributed by atoms with Crippen LogP contribution in [0.15, 0.2) is 0 Å². The van der Waals surface area contributed by atoms with Crippen LogP contribution in [-0.2, 0) is 0 Å². The van der Waals surface area contributed by atoms with E-state index in [0.29, 0.717) is 16.9 Å². The van der Waals surface area contributed by atoms with Crippen LogP contribution in [0.2, 0.25) is 0 Å². The third kappa shape index (κ3) is 5.58. The van der Waals surface area contributed by atoms with Crippen LogP contribution >= 0.6 is 0 Å². The molecule has 0 radical (unpaired) electrons. The van der Waals surface area contributed by atoms with Gasteiger partial charge in [-0.05, 0) is 63.8 Å². The molecule has 0 bridgehead atoms. The Morgan fingerprint density at radius 1 is 0.810 bits per heavy atom. The van der Waals surface area contributed by atoms with E-state index in [1.165, 1.54) is 19.3 Å². The fourth-order valence-electron chi connectivity index (χ4n) is 4.78. The second-order valence-corrected chi connectivity index (χ2v) is 9.32. The minimum absolute atomic E-state index is 0.253. The van der Waals surface area contributed by atoms with Gasteiger partial charge in [-0.2, -0.15) is 0 Å². The third-order valence-corrected chi connectivity index (χ3v) is 5.87. The van der Waals surface area contributed by atoms with Crippen LogP contribution in [0.5, 0.6) is 0 Å². The van der Waals surface area contributed by atoms with Gasteiger partial charge in [0.05, 0.1) is 0 Å². The van der Waals surface area contributed by atoms with Crippen LogP contribution in [-0.4, -0.2) is 23.0 Å². The van der Waals surface area contributed by atoms with Gasteiger partial charge in [-0.1, -0.05) is 54.9 Å². The molecule has 0 aliphatic rings. The van der Waals surface area contributed by atoms with E-state index in [-0.39, 0.29) is 5.54 Å². The Bertz CT molecular complexity index is 299. The van der Waals surface area contributed by atoms with Crippen molar-refractivity contribution in [3.05, 3.63) is 0 Å². The van der Waals surface area contributed by atoms with Gasteiger partial charge in [-0.25, -0.2) is 0 Å². The Morgan fingerprint density at radius 3 is 1.62 bits per heavy atom. The summed E-state index contributed by atoms with van der Waals surface area (Å²) in [6.45, 7) is 27.6. The standard InChI is InChI=1S/C20H43N/c1-12-14-18(6,7)17(5)19(8,9)15-20(10,11)21(13-2)16(3)4/h16-17H,12-15H2,1-11H3. The van der Waals surface area contributed by atoms with Gasteiger partial charge < -0.3 is 0 Å². The van der Waals surface area contributed by atoms with Gasteiger partial charge in [0.25, 0.3) is 0 Å². The van der Waals surface area contributed by atoms with Crippen LogP contribution in [0, 0.1) is 16.7 Å². The smallest absolute Gasteiger partial charge is 0.0161 e. The number of hydrogen-bond donors (Lipinski definition) is 0. The van der Waals surface area contributed by atoms with Crippen LogP contribution in [0.3, 0.4) is 0 Å². The largest absolute Gasteiger partial charge is 0.296 e. The molecule has 1 unspecified atom stereocenters. The minimum atomic E-state index is 0.253. The van der Waals surface area contributed by atoms with E-state index >= 15 is 0 Å². The van der Waals surface area contributed by atoms with E-state index in [0.717, 1.165) is 12.5 Å². The van der Waals surface area contributed by atoms with E-state index in [2.05, 4.69) is 81.1 Å². The summed E-state index contributed by atoms with van der Waals surface area (Å²) in [4.78, 5) is 2.65. The van der Waals surface area contributed by atoms with Crippen molar-refractivity contribution < 1.29 is 0 Å². The summed E-state index contributed by atoms with van der Waals surface area (Å²) in [6, 6.07) is 0.611. The molecule has 0 aromatic heterocycles. The number of nitrogens with zero attached hydrogens (tertiary/aromatic N) is 1. The van der Waals surface area contributed by atoms with Gasteiger partial charge in [-0.3, -0.25) is 4.90 Å². The zero-order chi connectivity index (χ0) is 17.1. The van der Waals surface area contributed by atoms with Crippen molar-refractivity contribution in [2.75, 3.05) is 6.54 Å². The first-order valence-electron chi connectivity index (χ1n) is 9.08. The number of hydrogen-bond acceptors (Lipinski definition) is 1. The predicted molar refractivity (Wildman–Crippen MR) is 97.8 cm³/mol. The van der Waals surface area contributed by atoms with Crippen LogP contribution in [0.1, 0.15) is 95.4 Å². The topological polar surface area (TPSA) is 3.24 Å². The average Bonchev–Trinajstić information content (AvgIpc) is 2.25. The maximum Gasteiger partial charge on any atom is 0.0161 e. The van der Waals surface area contributed by atoms with Gasteiger partial charge >= 0.3 is 0 Å². The molecule has 0 saturated heterocycles. The summed E-state index contributed by atoms with van der Waals surface area (Å²) in [5.41, 5.74) is 1.02. The Morgan fingerprint density at radius 2 is 1.29 bits per heavy atom. The van der Waals surface area contributed by atoms with Gasteiger partial charge in [0.1, 0.15) is 0 Å². The van der Waals surface area contributed by atoms with Gasteiger partial charge in [-0.15, -0.1) is 0 Å². The van der Waals surface area contributed by atoms with Crippen molar-refractivity contribution in [1.82, 2.24) is 4.90 Å². The molecule has 0 spiro atoms. The Balaban J connectivity index is 5.17. The summed E-state index contributed by atoms with van der Waals surface area (Å²) in [5, 5.41) is 0. The molecular weight excluding hydrogens is 254 g/mol. The van der Waals surface area contributed by atoms with Gasteiger partial charge in [0.15, 0.2) is 0 Å². The van der Waals surface area contributed by atoms with Crippen molar-refractivity contribution in [2.24, 2.45) is 16.7 Å². The highest BCUT2D eigenvalue weighted by atomic mass is 15.2. The first kappa shape index (κ1) is 21.0. The molecule has 0 aliphatic heterocycles. The summed E-state index contributed by atoms with van der Waals surface area (Å²) in [7, 11) is 0. The zero-order valence-corrected chi connectivity index (χ0v) is 16.9. The molecule has 0 aliphatic carbocycles. The lowest BCUT2D eigenvalue weighted by Gasteiger charge is -2.50. The molecule has 128 valence electrons. The zero-order valence-electron chi connectivity index (χ0n) is 16.9. The average molecular weight is 298 g/mol. The summed E-state index contributed by atoms with van der Waals surface area (Å²) in [5.74, 6) is 0.718. The van der Waals surface area contributed by atoms with Crippen molar-refractivity contribution in [3.8, 4) is 0 Å². The van der Waals surface area contributed by atoms with E-state index in [4.69, 9.17) is 0 Å². The van der Waals surface area contributed by atoms with Crippen molar-refractivity contribution in [3.63, 3.8) is 0 Å². The van der Waals surface area contributed by atoms with Crippen LogP contribution < -0.4 is 0 Å². The normalized spacial score (nSPS) is 15.9. The van der Waals surface area contributed by atoms with Gasteiger partial charge in [0, 0.05) is 11.6 Å². The Kier molecular flexibility index (Phi) is 7.47. The first-order valence-corrected chi connectivity index (χ1v) is 9.08. The van der Waals surface area contributed by atoms with E-state index in [1.807, 2.05) is 0 Å². The second-order valence-electron chi connectivity index (χ2n) is 9.32. The number of rotatable bonds is 9. The van der Waals surface area contributed by atoms with Crippen molar-refractivity contribution in [1.29, 1.82) is 0 Å². The lowest BCUT2D eigenvalue weighted by molar-refractivity contribution is -0.0000690. The molecule has 0 N–H and O–H groups in total. The highest BCUT2D eigenvalue weighted by Gasteiger charge is 2.41. The quantitative estimate of drug-likeness (QED) is 0.477. The molecule has 0 rings (SSSR count). The highest BCUT2D eigenvalue weighted by molar-refractivity contribution is 4.94. The molecule has 1 heteroatoms. The molecule has 0 saturated carbocycles. The Hall–Kier alpha value is -0.0400. The molecule has 1 nitrogen and oxygen atoms in total. The van der Waals surface area contributed by atoms with E-state index in [1.54, 1.807) is 0 Å². The molecule has 21 heavy (non-hydrogen) atoms. The maximum absolute atomic E-state index is 2.65. The molecule has 0 amide bonds. The highest BCUT2D eigenvalue weighted by Crippen LogP contribution is 2.47. The second kappa shape index (κ2) is 7.49.